The van der Waals surface area contributed by atoms with Crippen LogP contribution < -0.4 is 5.73 Å². The van der Waals surface area contributed by atoms with Crippen LogP contribution in [0.5, 0.6) is 0 Å². The Labute approximate surface area is 127 Å². The number of nitrogen functional groups attached to an aromatic ring is 1. The van der Waals surface area contributed by atoms with Crippen LogP contribution in [0, 0.1) is 0 Å². The Morgan fingerprint density at radius 1 is 1.05 bits per heavy atom. The lowest BCUT2D eigenvalue weighted by atomic mass is 10.2. The van der Waals surface area contributed by atoms with Crippen LogP contribution in [0.25, 0.3) is 22.4 Å². The fourth-order valence-electron chi connectivity index (χ4n) is 2.14. The summed E-state index contributed by atoms with van der Waals surface area (Å²) in [6, 6.07) is 11.9. The zero-order valence-corrected chi connectivity index (χ0v) is 13.4. The topological polar surface area (TPSA) is 43.8 Å². The van der Waals surface area contributed by atoms with E-state index in [9.17, 15) is 0 Å². The predicted octanol–water partition coefficient (Wildman–Crippen LogP) is 4.35. The van der Waals surface area contributed by atoms with Crippen molar-refractivity contribution >= 4 is 48.6 Å². The second kappa shape index (κ2) is 4.65. The maximum Gasteiger partial charge on any atom is 0.142 e. The third-order valence-corrected chi connectivity index (χ3v) is 4.09. The maximum atomic E-state index is 6.06. The normalized spacial score (nSPS) is 11.1. The molecule has 3 aromatic rings. The molecule has 0 atom stereocenters. The molecule has 0 aliphatic rings. The average molecular weight is 381 g/mol. The van der Waals surface area contributed by atoms with Gasteiger partial charge in [-0.25, -0.2) is 4.98 Å². The highest BCUT2D eigenvalue weighted by molar-refractivity contribution is 9.10. The third kappa shape index (κ3) is 2.17. The van der Waals surface area contributed by atoms with Gasteiger partial charge in [-0.1, -0.05) is 31.9 Å². The molecule has 0 amide bonds. The van der Waals surface area contributed by atoms with Gasteiger partial charge in [0.15, 0.2) is 0 Å². The molecule has 2 N–H and O–H groups in total. The number of aromatic nitrogens is 2. The van der Waals surface area contributed by atoms with E-state index >= 15 is 0 Å². The summed E-state index contributed by atoms with van der Waals surface area (Å²) in [5.41, 5.74) is 9.75. The van der Waals surface area contributed by atoms with E-state index in [0.29, 0.717) is 0 Å². The van der Waals surface area contributed by atoms with E-state index in [1.807, 2.05) is 43.4 Å². The number of nitrogens with two attached hydrogens (primary N) is 1. The summed E-state index contributed by atoms with van der Waals surface area (Å²) < 4.78 is 4.07. The number of fused-ring (bicyclic) bond motifs is 1. The van der Waals surface area contributed by atoms with Gasteiger partial charge in [0.05, 0.1) is 11.0 Å². The van der Waals surface area contributed by atoms with Gasteiger partial charge in [0.1, 0.15) is 5.82 Å². The molecule has 1 heterocycles. The van der Waals surface area contributed by atoms with Crippen molar-refractivity contribution in [2.24, 2.45) is 7.05 Å². The van der Waals surface area contributed by atoms with Crippen LogP contribution in [0.1, 0.15) is 0 Å². The van der Waals surface area contributed by atoms with Crippen LogP contribution >= 0.6 is 31.9 Å². The summed E-state index contributed by atoms with van der Waals surface area (Å²) >= 11 is 6.94. The lowest BCUT2D eigenvalue weighted by Gasteiger charge is -2.06. The van der Waals surface area contributed by atoms with Crippen LogP contribution in [0.4, 0.5) is 5.69 Å². The van der Waals surface area contributed by atoms with Crippen molar-refractivity contribution in [3.63, 3.8) is 0 Å². The molecular weight excluding hydrogens is 370 g/mol. The zero-order chi connectivity index (χ0) is 13.6. The number of hydrogen-bond donors (Lipinski definition) is 1. The second-order valence-electron chi connectivity index (χ2n) is 4.36. The number of anilines is 1. The highest BCUT2D eigenvalue weighted by Crippen LogP contribution is 2.31. The highest BCUT2D eigenvalue weighted by Gasteiger charge is 2.12. The molecule has 0 unspecified atom stereocenters. The molecule has 0 aliphatic carbocycles. The minimum atomic E-state index is 0.723. The van der Waals surface area contributed by atoms with Gasteiger partial charge >= 0.3 is 0 Å². The molecular formula is C14H11Br2N3. The van der Waals surface area contributed by atoms with Gasteiger partial charge in [-0.3, -0.25) is 0 Å². The maximum absolute atomic E-state index is 6.06. The van der Waals surface area contributed by atoms with Gasteiger partial charge in [-0.15, -0.1) is 0 Å². The van der Waals surface area contributed by atoms with Gasteiger partial charge in [0, 0.05) is 27.2 Å². The molecule has 3 nitrogen and oxygen atoms in total. The number of benzene rings is 2. The van der Waals surface area contributed by atoms with Gasteiger partial charge in [0.2, 0.25) is 0 Å². The Kier molecular flexibility index (Phi) is 3.11. The quantitative estimate of drug-likeness (QED) is 0.638. The minimum absolute atomic E-state index is 0.723. The van der Waals surface area contributed by atoms with E-state index < -0.39 is 0 Å². The molecule has 0 aliphatic heterocycles. The molecule has 2 aromatic carbocycles. The Balaban J connectivity index is 2.30. The second-order valence-corrected chi connectivity index (χ2v) is 6.19. The standard InChI is InChI=1S/C14H11Br2N3/c1-19-13-5-3-9(16)7-12(13)18-14(19)10-6-8(15)2-4-11(10)17/h2-7H,17H2,1H3. The highest BCUT2D eigenvalue weighted by atomic mass is 79.9. The SMILES string of the molecule is Cn1c(-c2cc(Br)ccc2N)nc2cc(Br)ccc21. The van der Waals surface area contributed by atoms with Gasteiger partial charge in [0.25, 0.3) is 0 Å². The lowest BCUT2D eigenvalue weighted by molar-refractivity contribution is 0.960. The first-order valence-electron chi connectivity index (χ1n) is 5.73. The van der Waals surface area contributed by atoms with Crippen molar-refractivity contribution < 1.29 is 0 Å². The van der Waals surface area contributed by atoms with Crippen molar-refractivity contribution in [1.82, 2.24) is 9.55 Å². The number of rotatable bonds is 1. The van der Waals surface area contributed by atoms with Gasteiger partial charge < -0.3 is 10.3 Å². The fraction of sp³-hybridized carbons (Fsp3) is 0.0714. The molecule has 0 bridgehead atoms. The van der Waals surface area contributed by atoms with Crippen molar-refractivity contribution in [3.05, 3.63) is 45.3 Å². The molecule has 3 rings (SSSR count). The van der Waals surface area contributed by atoms with E-state index in [0.717, 1.165) is 37.1 Å². The molecule has 0 saturated carbocycles. The Hall–Kier alpha value is -1.33. The number of imidazole rings is 1. The van der Waals surface area contributed by atoms with Crippen LogP contribution in [-0.2, 0) is 7.05 Å². The Morgan fingerprint density at radius 3 is 2.53 bits per heavy atom. The average Bonchev–Trinajstić information content (AvgIpc) is 2.69. The smallest absolute Gasteiger partial charge is 0.142 e. The van der Waals surface area contributed by atoms with E-state index in [1.54, 1.807) is 0 Å². The zero-order valence-electron chi connectivity index (χ0n) is 10.2. The predicted molar refractivity (Wildman–Crippen MR) is 86.0 cm³/mol. The minimum Gasteiger partial charge on any atom is -0.398 e. The molecule has 1 aromatic heterocycles. The summed E-state index contributed by atoms with van der Waals surface area (Å²) in [4.78, 5) is 4.68. The first kappa shape index (κ1) is 12.7. The molecule has 0 fully saturated rings. The van der Waals surface area contributed by atoms with Crippen molar-refractivity contribution in [1.29, 1.82) is 0 Å². The monoisotopic (exact) mass is 379 g/mol. The van der Waals surface area contributed by atoms with Crippen LogP contribution in [0.2, 0.25) is 0 Å². The van der Waals surface area contributed by atoms with Crippen molar-refractivity contribution in [2.75, 3.05) is 5.73 Å². The number of halogens is 2. The first-order chi connectivity index (χ1) is 9.06. The van der Waals surface area contributed by atoms with Crippen molar-refractivity contribution in [2.45, 2.75) is 0 Å². The van der Waals surface area contributed by atoms with E-state index in [2.05, 4.69) is 41.4 Å². The number of aryl methyl sites for hydroxylation is 1. The summed E-state index contributed by atoms with van der Waals surface area (Å²) in [5.74, 6) is 0.868. The Morgan fingerprint density at radius 2 is 1.74 bits per heavy atom. The van der Waals surface area contributed by atoms with Crippen molar-refractivity contribution in [3.8, 4) is 11.4 Å². The van der Waals surface area contributed by atoms with Crippen LogP contribution in [0.15, 0.2) is 45.3 Å². The molecule has 0 spiro atoms. The largest absolute Gasteiger partial charge is 0.398 e. The molecule has 0 radical (unpaired) electrons. The molecule has 0 saturated heterocycles. The summed E-state index contributed by atoms with van der Waals surface area (Å²) in [6.07, 6.45) is 0. The van der Waals surface area contributed by atoms with Crippen LogP contribution in [0.3, 0.4) is 0 Å². The summed E-state index contributed by atoms with van der Waals surface area (Å²) in [7, 11) is 2.00. The number of nitrogens with zero attached hydrogens (tertiary/aromatic N) is 2. The fourth-order valence-corrected chi connectivity index (χ4v) is 2.85. The lowest BCUT2D eigenvalue weighted by Crippen LogP contribution is -1.96. The Bertz CT molecular complexity index is 778. The van der Waals surface area contributed by atoms with Gasteiger partial charge in [-0.05, 0) is 36.4 Å². The number of hydrogen-bond acceptors (Lipinski definition) is 2. The molecule has 96 valence electrons. The van der Waals surface area contributed by atoms with E-state index in [-0.39, 0.29) is 0 Å². The molecule has 19 heavy (non-hydrogen) atoms. The van der Waals surface area contributed by atoms with E-state index in [1.165, 1.54) is 0 Å². The third-order valence-electron chi connectivity index (χ3n) is 3.10. The van der Waals surface area contributed by atoms with E-state index in [4.69, 9.17) is 5.73 Å². The summed E-state index contributed by atoms with van der Waals surface area (Å²) in [5, 5.41) is 0. The summed E-state index contributed by atoms with van der Waals surface area (Å²) in [6.45, 7) is 0. The van der Waals surface area contributed by atoms with Gasteiger partial charge in [-0.2, -0.15) is 0 Å². The first-order valence-corrected chi connectivity index (χ1v) is 7.32. The molecule has 5 heteroatoms. The van der Waals surface area contributed by atoms with Crippen LogP contribution in [-0.4, -0.2) is 9.55 Å².